The molecule has 0 radical (unpaired) electrons. The van der Waals surface area contributed by atoms with Crippen molar-refractivity contribution in [3.63, 3.8) is 0 Å². The second-order valence-corrected chi connectivity index (χ2v) is 5.39. The Hall–Kier alpha value is -1.02. The third-order valence-corrected chi connectivity index (χ3v) is 4.01. The van der Waals surface area contributed by atoms with Gasteiger partial charge in [0, 0.05) is 0 Å². The number of rotatable bonds is 4. The second-order valence-electron chi connectivity index (χ2n) is 5.39. The quantitative estimate of drug-likeness (QED) is 0.813. The lowest BCUT2D eigenvalue weighted by molar-refractivity contribution is 0.139. The number of benzene rings is 1. The molecule has 18 heavy (non-hydrogen) atoms. The molecule has 2 heteroatoms. The molecule has 0 spiro atoms. The average molecular weight is 248 g/mol. The van der Waals surface area contributed by atoms with Crippen LogP contribution in [0.3, 0.4) is 0 Å². The maximum atomic E-state index is 10.3. The second kappa shape index (κ2) is 6.79. The predicted octanol–water partition coefficient (Wildman–Crippen LogP) is 4.09. The lowest BCUT2D eigenvalue weighted by atomic mass is 9.91. The van der Waals surface area contributed by atoms with E-state index in [1.165, 1.54) is 38.5 Å². The first kappa shape index (κ1) is 13.4. The van der Waals surface area contributed by atoms with E-state index in [9.17, 15) is 5.11 Å². The SMILES string of the molecule is COc1cccc(C(O)CC2CCCCCC2)c1. The number of methoxy groups -OCH3 is 1. The summed E-state index contributed by atoms with van der Waals surface area (Å²) < 4.78 is 5.20. The average Bonchev–Trinajstić information content (AvgIpc) is 2.67. The van der Waals surface area contributed by atoms with Gasteiger partial charge >= 0.3 is 0 Å². The van der Waals surface area contributed by atoms with Gasteiger partial charge in [0.1, 0.15) is 5.75 Å². The number of aliphatic hydroxyl groups excluding tert-OH is 1. The van der Waals surface area contributed by atoms with E-state index in [0.717, 1.165) is 17.7 Å². The van der Waals surface area contributed by atoms with Crippen molar-refractivity contribution in [1.82, 2.24) is 0 Å². The van der Waals surface area contributed by atoms with Crippen LogP contribution in [0.4, 0.5) is 0 Å². The molecular formula is C16H24O2. The van der Waals surface area contributed by atoms with Crippen molar-refractivity contribution in [2.24, 2.45) is 5.92 Å². The van der Waals surface area contributed by atoms with Gasteiger partial charge in [0.05, 0.1) is 13.2 Å². The van der Waals surface area contributed by atoms with E-state index in [1.54, 1.807) is 7.11 Å². The van der Waals surface area contributed by atoms with Crippen LogP contribution >= 0.6 is 0 Å². The van der Waals surface area contributed by atoms with Gasteiger partial charge in [0.15, 0.2) is 0 Å². The van der Waals surface area contributed by atoms with Crippen LogP contribution in [0.2, 0.25) is 0 Å². The Morgan fingerprint density at radius 2 is 1.94 bits per heavy atom. The summed E-state index contributed by atoms with van der Waals surface area (Å²) in [6.45, 7) is 0. The zero-order chi connectivity index (χ0) is 12.8. The van der Waals surface area contributed by atoms with E-state index < -0.39 is 0 Å². The van der Waals surface area contributed by atoms with Gasteiger partial charge in [0.2, 0.25) is 0 Å². The summed E-state index contributed by atoms with van der Waals surface area (Å²) in [6, 6.07) is 7.80. The van der Waals surface area contributed by atoms with Gasteiger partial charge in [-0.05, 0) is 30.0 Å². The molecule has 1 atom stereocenters. The molecule has 1 unspecified atom stereocenters. The highest BCUT2D eigenvalue weighted by Crippen LogP contribution is 2.31. The number of hydrogen-bond donors (Lipinski definition) is 1. The summed E-state index contributed by atoms with van der Waals surface area (Å²) in [5.41, 5.74) is 0.985. The molecule has 0 amide bonds. The molecule has 1 saturated carbocycles. The van der Waals surface area contributed by atoms with Crippen LogP contribution in [-0.2, 0) is 0 Å². The maximum Gasteiger partial charge on any atom is 0.119 e. The fraction of sp³-hybridized carbons (Fsp3) is 0.625. The lowest BCUT2D eigenvalue weighted by Crippen LogP contribution is -2.07. The third-order valence-electron chi connectivity index (χ3n) is 4.01. The van der Waals surface area contributed by atoms with E-state index in [4.69, 9.17) is 4.74 Å². The molecular weight excluding hydrogens is 224 g/mol. The molecule has 2 rings (SSSR count). The Kier molecular flexibility index (Phi) is 5.06. The maximum absolute atomic E-state index is 10.3. The van der Waals surface area contributed by atoms with Crippen molar-refractivity contribution >= 4 is 0 Å². The Bertz CT molecular complexity index is 354. The molecule has 100 valence electrons. The van der Waals surface area contributed by atoms with Gasteiger partial charge in [-0.2, -0.15) is 0 Å². The summed E-state index contributed by atoms with van der Waals surface area (Å²) in [5, 5.41) is 10.3. The molecule has 1 aliphatic carbocycles. The van der Waals surface area contributed by atoms with Crippen LogP contribution in [0.15, 0.2) is 24.3 Å². The smallest absolute Gasteiger partial charge is 0.119 e. The van der Waals surface area contributed by atoms with Crippen LogP contribution in [0.1, 0.15) is 56.6 Å². The highest BCUT2D eigenvalue weighted by atomic mass is 16.5. The summed E-state index contributed by atoms with van der Waals surface area (Å²) >= 11 is 0. The van der Waals surface area contributed by atoms with Crippen molar-refractivity contribution in [1.29, 1.82) is 0 Å². The van der Waals surface area contributed by atoms with E-state index in [2.05, 4.69) is 0 Å². The minimum absolute atomic E-state index is 0.344. The molecule has 1 aromatic carbocycles. The van der Waals surface area contributed by atoms with Crippen LogP contribution in [0, 0.1) is 5.92 Å². The lowest BCUT2D eigenvalue weighted by Gasteiger charge is -2.19. The summed E-state index contributed by atoms with van der Waals surface area (Å²) in [5.74, 6) is 1.51. The van der Waals surface area contributed by atoms with Crippen molar-refractivity contribution in [3.05, 3.63) is 29.8 Å². The fourth-order valence-electron chi connectivity index (χ4n) is 2.90. The number of hydrogen-bond acceptors (Lipinski definition) is 2. The van der Waals surface area contributed by atoms with Crippen LogP contribution in [0.5, 0.6) is 5.75 Å². The first-order valence-corrected chi connectivity index (χ1v) is 7.11. The van der Waals surface area contributed by atoms with Crippen LogP contribution < -0.4 is 4.74 Å². The van der Waals surface area contributed by atoms with Gasteiger partial charge in [0.25, 0.3) is 0 Å². The number of aliphatic hydroxyl groups is 1. The van der Waals surface area contributed by atoms with Gasteiger partial charge in [-0.15, -0.1) is 0 Å². The van der Waals surface area contributed by atoms with Gasteiger partial charge in [-0.3, -0.25) is 0 Å². The van der Waals surface area contributed by atoms with Gasteiger partial charge in [-0.1, -0.05) is 50.7 Å². The van der Waals surface area contributed by atoms with E-state index in [1.807, 2.05) is 24.3 Å². The largest absolute Gasteiger partial charge is 0.497 e. The monoisotopic (exact) mass is 248 g/mol. The minimum Gasteiger partial charge on any atom is -0.497 e. The molecule has 0 aliphatic heterocycles. The Balaban J connectivity index is 1.95. The summed E-state index contributed by atoms with van der Waals surface area (Å²) in [7, 11) is 1.66. The van der Waals surface area contributed by atoms with Crippen molar-refractivity contribution in [2.75, 3.05) is 7.11 Å². The van der Waals surface area contributed by atoms with Gasteiger partial charge in [-0.25, -0.2) is 0 Å². The standard InChI is InChI=1S/C16H24O2/c1-18-15-10-6-9-14(12-15)16(17)11-13-7-4-2-3-5-8-13/h6,9-10,12-13,16-17H,2-5,7-8,11H2,1H3. The van der Waals surface area contributed by atoms with E-state index in [0.29, 0.717) is 5.92 Å². The molecule has 0 bridgehead atoms. The first-order chi connectivity index (χ1) is 8.79. The predicted molar refractivity (Wildman–Crippen MR) is 73.8 cm³/mol. The van der Waals surface area contributed by atoms with Crippen molar-refractivity contribution < 1.29 is 9.84 Å². The summed E-state index contributed by atoms with van der Waals surface area (Å²) in [4.78, 5) is 0. The zero-order valence-corrected chi connectivity index (χ0v) is 11.3. The summed E-state index contributed by atoms with van der Waals surface area (Å²) in [6.07, 6.45) is 8.50. The fourth-order valence-corrected chi connectivity index (χ4v) is 2.90. The highest BCUT2D eigenvalue weighted by molar-refractivity contribution is 5.29. The van der Waals surface area contributed by atoms with Crippen molar-refractivity contribution in [2.45, 2.75) is 51.0 Å². The molecule has 1 aliphatic rings. The van der Waals surface area contributed by atoms with Crippen molar-refractivity contribution in [3.8, 4) is 5.75 Å². The Labute approximate surface area is 110 Å². The van der Waals surface area contributed by atoms with Crippen LogP contribution in [0.25, 0.3) is 0 Å². The highest BCUT2D eigenvalue weighted by Gasteiger charge is 2.17. The number of ether oxygens (including phenoxy) is 1. The Morgan fingerprint density at radius 3 is 2.61 bits per heavy atom. The third kappa shape index (κ3) is 3.74. The molecule has 0 heterocycles. The zero-order valence-electron chi connectivity index (χ0n) is 11.3. The van der Waals surface area contributed by atoms with E-state index >= 15 is 0 Å². The molecule has 0 saturated heterocycles. The normalized spacial score (nSPS) is 19.2. The van der Waals surface area contributed by atoms with Gasteiger partial charge < -0.3 is 9.84 Å². The topological polar surface area (TPSA) is 29.5 Å². The Morgan fingerprint density at radius 1 is 1.22 bits per heavy atom. The molecule has 1 N–H and O–H groups in total. The molecule has 0 aromatic heterocycles. The first-order valence-electron chi connectivity index (χ1n) is 7.11. The van der Waals surface area contributed by atoms with E-state index in [-0.39, 0.29) is 6.10 Å². The van der Waals surface area contributed by atoms with Crippen LogP contribution in [-0.4, -0.2) is 12.2 Å². The molecule has 2 nitrogen and oxygen atoms in total. The minimum atomic E-state index is -0.344. The molecule has 1 fully saturated rings. The molecule has 1 aromatic rings.